The highest BCUT2D eigenvalue weighted by atomic mass is 19.4. The van der Waals surface area contributed by atoms with Crippen molar-refractivity contribution in [2.75, 3.05) is 0 Å². The predicted octanol–water partition coefficient (Wildman–Crippen LogP) is 8.45. The molecule has 9 heteroatoms. The van der Waals surface area contributed by atoms with Gasteiger partial charge in [-0.25, -0.2) is 13.2 Å². The topological polar surface area (TPSA) is 9.23 Å². The number of rotatable bonds is 5. The quantitative estimate of drug-likeness (QED) is 0.392. The first kappa shape index (κ1) is 24.8. The van der Waals surface area contributed by atoms with E-state index in [4.69, 9.17) is 0 Å². The van der Waals surface area contributed by atoms with Crippen LogP contribution in [-0.2, 0) is 0 Å². The van der Waals surface area contributed by atoms with Crippen LogP contribution in [-0.4, -0.2) is 12.3 Å². The summed E-state index contributed by atoms with van der Waals surface area (Å²) in [7, 11) is 0. The van der Waals surface area contributed by atoms with Crippen molar-refractivity contribution in [2.45, 2.75) is 76.5 Å². The first-order valence-electron chi connectivity index (χ1n) is 10.9. The second-order valence-corrected chi connectivity index (χ2v) is 9.06. The first-order chi connectivity index (χ1) is 14.9. The molecular formula is C23H26F8O. The van der Waals surface area contributed by atoms with Crippen LogP contribution < -0.4 is 4.74 Å². The van der Waals surface area contributed by atoms with Crippen molar-refractivity contribution < 1.29 is 39.9 Å². The summed E-state index contributed by atoms with van der Waals surface area (Å²) >= 11 is 0. The number of ether oxygens (including phenoxy) is 1. The molecule has 180 valence electrons. The van der Waals surface area contributed by atoms with Crippen molar-refractivity contribution in [3.63, 3.8) is 0 Å². The second-order valence-electron chi connectivity index (χ2n) is 9.06. The Morgan fingerprint density at radius 2 is 1.41 bits per heavy atom. The average molecular weight is 470 g/mol. The molecule has 2 saturated carbocycles. The molecule has 3 rings (SSSR count). The third-order valence-corrected chi connectivity index (χ3v) is 6.65. The van der Waals surface area contributed by atoms with Gasteiger partial charge in [0.15, 0.2) is 23.2 Å². The van der Waals surface area contributed by atoms with Crippen molar-refractivity contribution in [2.24, 2.45) is 17.8 Å². The lowest BCUT2D eigenvalue weighted by atomic mass is 9.79. The van der Waals surface area contributed by atoms with E-state index in [1.54, 1.807) is 0 Å². The van der Waals surface area contributed by atoms with Crippen LogP contribution in [0.1, 0.15) is 69.8 Å². The lowest BCUT2D eigenvalue weighted by Gasteiger charge is -2.32. The Morgan fingerprint density at radius 3 is 1.91 bits per heavy atom. The number of hydrogen-bond donors (Lipinski definition) is 0. The van der Waals surface area contributed by atoms with Gasteiger partial charge < -0.3 is 4.74 Å². The van der Waals surface area contributed by atoms with Gasteiger partial charge >= 0.3 is 12.3 Å². The first-order valence-corrected chi connectivity index (χ1v) is 10.9. The van der Waals surface area contributed by atoms with Crippen LogP contribution in [0.3, 0.4) is 0 Å². The number of hydrogen-bond acceptors (Lipinski definition) is 1. The molecule has 2 fully saturated rings. The van der Waals surface area contributed by atoms with Gasteiger partial charge in [0.05, 0.1) is 5.92 Å². The van der Waals surface area contributed by atoms with Gasteiger partial charge in [0.2, 0.25) is 0 Å². The zero-order valence-electron chi connectivity index (χ0n) is 17.6. The molecule has 0 heterocycles. The fourth-order valence-electron chi connectivity index (χ4n) is 4.65. The molecule has 32 heavy (non-hydrogen) atoms. The molecule has 0 amide bonds. The minimum Gasteiger partial charge on any atom is -0.426 e. The van der Waals surface area contributed by atoms with Crippen molar-refractivity contribution in [3.8, 4) is 5.75 Å². The molecule has 0 N–H and O–H groups in total. The van der Waals surface area contributed by atoms with Gasteiger partial charge in [-0.3, -0.25) is 0 Å². The standard InChI is InChI=1S/C23H26F8O/c1-13-2-6-15(7-3-13)16-11-18(24)21(19(25)12-16)32-23(30,31)17-8-4-14(5-9-17)10-20(26)22(27,28)29/h10-15,17H,2-9H2,1H3. The molecule has 0 radical (unpaired) electrons. The highest BCUT2D eigenvalue weighted by Gasteiger charge is 2.45. The summed E-state index contributed by atoms with van der Waals surface area (Å²) in [5, 5.41) is 0. The second kappa shape index (κ2) is 9.59. The van der Waals surface area contributed by atoms with E-state index < -0.39 is 47.3 Å². The van der Waals surface area contributed by atoms with E-state index in [-0.39, 0.29) is 31.6 Å². The van der Waals surface area contributed by atoms with Crippen molar-refractivity contribution >= 4 is 0 Å². The highest BCUT2D eigenvalue weighted by Crippen LogP contribution is 2.43. The summed E-state index contributed by atoms with van der Waals surface area (Å²) in [6.07, 6.45) is -5.99. The Kier molecular flexibility index (Phi) is 7.44. The lowest BCUT2D eigenvalue weighted by molar-refractivity contribution is -0.225. The molecular weight excluding hydrogens is 444 g/mol. The molecule has 2 aliphatic carbocycles. The lowest BCUT2D eigenvalue weighted by Crippen LogP contribution is -2.37. The molecule has 0 atom stereocenters. The number of allylic oxidation sites excluding steroid dienone is 2. The maximum Gasteiger partial charge on any atom is 0.442 e. The van der Waals surface area contributed by atoms with E-state index in [0.29, 0.717) is 17.6 Å². The van der Waals surface area contributed by atoms with Gasteiger partial charge in [-0.15, -0.1) is 0 Å². The minimum absolute atomic E-state index is 0.0369. The van der Waals surface area contributed by atoms with Gasteiger partial charge in [0, 0.05) is 0 Å². The summed E-state index contributed by atoms with van der Waals surface area (Å²) in [5.41, 5.74) is 0.418. The molecule has 1 aromatic rings. The fourth-order valence-corrected chi connectivity index (χ4v) is 4.65. The van der Waals surface area contributed by atoms with Crippen molar-refractivity contribution in [1.29, 1.82) is 0 Å². The smallest absolute Gasteiger partial charge is 0.426 e. The maximum absolute atomic E-state index is 14.6. The number of alkyl halides is 5. The van der Waals surface area contributed by atoms with E-state index in [9.17, 15) is 35.1 Å². The molecule has 0 unspecified atom stereocenters. The molecule has 2 aliphatic rings. The maximum atomic E-state index is 14.6. The average Bonchev–Trinajstić information content (AvgIpc) is 2.71. The van der Waals surface area contributed by atoms with Crippen LogP contribution in [0.25, 0.3) is 0 Å². The molecule has 0 bridgehead atoms. The molecule has 1 aromatic carbocycles. The fraction of sp³-hybridized carbons (Fsp3) is 0.652. The normalized spacial score (nSPS) is 28.0. The van der Waals surface area contributed by atoms with E-state index in [0.717, 1.165) is 37.8 Å². The monoisotopic (exact) mass is 470 g/mol. The Balaban J connectivity index is 1.65. The molecule has 0 spiro atoms. The number of halogens is 8. The molecule has 0 aliphatic heterocycles. The van der Waals surface area contributed by atoms with Crippen LogP contribution in [0.2, 0.25) is 0 Å². The zero-order chi connectivity index (χ0) is 23.7. The van der Waals surface area contributed by atoms with Gasteiger partial charge in [0.25, 0.3) is 0 Å². The summed E-state index contributed by atoms with van der Waals surface area (Å²) in [6, 6.07) is 2.08. The van der Waals surface area contributed by atoms with Crippen LogP contribution in [0, 0.1) is 29.4 Å². The SMILES string of the molecule is CC1CCC(c2cc(F)c(OC(F)(F)C3CCC(C=C(F)C(F)(F)F)CC3)c(F)c2)CC1. The van der Waals surface area contributed by atoms with Crippen LogP contribution in [0.5, 0.6) is 5.75 Å². The van der Waals surface area contributed by atoms with Crippen LogP contribution in [0.4, 0.5) is 35.1 Å². The van der Waals surface area contributed by atoms with Crippen molar-refractivity contribution in [1.82, 2.24) is 0 Å². The van der Waals surface area contributed by atoms with E-state index >= 15 is 0 Å². The van der Waals surface area contributed by atoms with E-state index in [1.807, 2.05) is 0 Å². The van der Waals surface area contributed by atoms with Crippen LogP contribution in [0.15, 0.2) is 24.0 Å². The summed E-state index contributed by atoms with van der Waals surface area (Å²) < 4.78 is 113. The Hall–Kier alpha value is -1.80. The number of benzene rings is 1. The molecule has 0 aromatic heterocycles. The van der Waals surface area contributed by atoms with Gasteiger partial charge in [0.1, 0.15) is 0 Å². The molecule has 0 saturated heterocycles. The summed E-state index contributed by atoms with van der Waals surface area (Å²) in [6.45, 7) is 2.10. The Labute approximate surface area is 181 Å². The Bertz CT molecular complexity index is 793. The predicted molar refractivity (Wildman–Crippen MR) is 103 cm³/mol. The Morgan fingerprint density at radius 1 is 0.875 bits per heavy atom. The third kappa shape index (κ3) is 5.95. The largest absolute Gasteiger partial charge is 0.442 e. The van der Waals surface area contributed by atoms with Crippen LogP contribution >= 0.6 is 0 Å². The summed E-state index contributed by atoms with van der Waals surface area (Å²) in [5.74, 6) is -7.60. The van der Waals surface area contributed by atoms with Gasteiger partial charge in [-0.05, 0) is 80.1 Å². The van der Waals surface area contributed by atoms with E-state index in [2.05, 4.69) is 11.7 Å². The van der Waals surface area contributed by atoms with E-state index in [1.165, 1.54) is 0 Å². The minimum atomic E-state index is -5.11. The van der Waals surface area contributed by atoms with Gasteiger partial charge in [-0.1, -0.05) is 19.8 Å². The zero-order valence-corrected chi connectivity index (χ0v) is 17.6. The van der Waals surface area contributed by atoms with Crippen molar-refractivity contribution in [3.05, 3.63) is 41.2 Å². The highest BCUT2D eigenvalue weighted by molar-refractivity contribution is 5.33. The summed E-state index contributed by atoms with van der Waals surface area (Å²) in [4.78, 5) is 0. The molecule has 1 nitrogen and oxygen atoms in total. The third-order valence-electron chi connectivity index (χ3n) is 6.65. The van der Waals surface area contributed by atoms with Gasteiger partial charge in [-0.2, -0.15) is 22.0 Å².